The minimum Gasteiger partial charge on any atom is -0.429 e. The van der Waals surface area contributed by atoms with Crippen LogP contribution in [0.1, 0.15) is 37.3 Å². The SMILES string of the molecule is CCCCCc1ccc(-c2ccc(-c3cc(F)c(C(F)(F)Oc4ccc(-c5ccc(Cl)c(F)c5)cc4)c(F)c3)c(F)c2)cc1. The third-order valence-electron chi connectivity index (χ3n) is 7.32. The second kappa shape index (κ2) is 13.2. The van der Waals surface area contributed by atoms with Crippen LogP contribution < -0.4 is 4.74 Å². The Morgan fingerprint density at radius 3 is 1.68 bits per heavy atom. The van der Waals surface area contributed by atoms with Gasteiger partial charge >= 0.3 is 6.11 Å². The first-order valence-corrected chi connectivity index (χ1v) is 14.4. The Balaban J connectivity index is 1.34. The summed E-state index contributed by atoms with van der Waals surface area (Å²) >= 11 is 5.69. The largest absolute Gasteiger partial charge is 0.432 e. The molecule has 0 bridgehead atoms. The molecule has 1 nitrogen and oxygen atoms in total. The van der Waals surface area contributed by atoms with Gasteiger partial charge in [0.2, 0.25) is 0 Å². The van der Waals surface area contributed by atoms with Crippen molar-refractivity contribution in [1.29, 1.82) is 0 Å². The molecule has 0 saturated heterocycles. The number of halogens is 7. The van der Waals surface area contributed by atoms with E-state index in [1.165, 1.54) is 42.0 Å². The van der Waals surface area contributed by atoms with Crippen LogP contribution in [0.2, 0.25) is 5.02 Å². The van der Waals surface area contributed by atoms with Crippen molar-refractivity contribution in [2.24, 2.45) is 0 Å². The van der Waals surface area contributed by atoms with Gasteiger partial charge in [-0.3, -0.25) is 0 Å². The highest BCUT2D eigenvalue weighted by molar-refractivity contribution is 6.30. The van der Waals surface area contributed by atoms with Gasteiger partial charge in [0, 0.05) is 5.56 Å². The van der Waals surface area contributed by atoms with Gasteiger partial charge in [0.1, 0.15) is 34.6 Å². The quantitative estimate of drug-likeness (QED) is 0.111. The Morgan fingerprint density at radius 2 is 1.11 bits per heavy atom. The molecule has 0 aromatic heterocycles. The van der Waals surface area contributed by atoms with Crippen molar-refractivity contribution >= 4 is 11.6 Å². The number of rotatable bonds is 10. The first-order chi connectivity index (χ1) is 21.1. The fourth-order valence-electron chi connectivity index (χ4n) is 4.97. The number of alkyl halides is 2. The van der Waals surface area contributed by atoms with Crippen LogP contribution in [0.5, 0.6) is 5.75 Å². The molecule has 44 heavy (non-hydrogen) atoms. The maximum absolute atomic E-state index is 15.1. The van der Waals surface area contributed by atoms with E-state index in [0.29, 0.717) is 28.8 Å². The first-order valence-electron chi connectivity index (χ1n) is 14.1. The zero-order chi connectivity index (χ0) is 31.4. The fraction of sp³-hybridized carbons (Fsp3) is 0.167. The standard InChI is InChI=1S/C36H27ClF6O/c1-2-3-4-5-22-6-8-23(9-7-22)25-12-16-29(31(38)18-25)27-20-33(40)35(34(41)21-27)36(42,43)44-28-14-10-24(11-15-28)26-13-17-30(37)32(39)19-26/h6-21H,2-5H2,1H3. The van der Waals surface area contributed by atoms with E-state index in [1.807, 2.05) is 24.3 Å². The lowest BCUT2D eigenvalue weighted by molar-refractivity contribution is -0.189. The van der Waals surface area contributed by atoms with Gasteiger partial charge in [-0.2, -0.15) is 8.78 Å². The van der Waals surface area contributed by atoms with Crippen LogP contribution in [-0.4, -0.2) is 0 Å². The molecule has 0 aliphatic rings. The van der Waals surface area contributed by atoms with Crippen LogP contribution in [0.4, 0.5) is 26.3 Å². The summed E-state index contributed by atoms with van der Waals surface area (Å²) in [4.78, 5) is 0. The van der Waals surface area contributed by atoms with Gasteiger partial charge in [-0.1, -0.05) is 86.0 Å². The predicted molar refractivity (Wildman–Crippen MR) is 162 cm³/mol. The van der Waals surface area contributed by atoms with E-state index in [9.17, 15) is 4.39 Å². The third-order valence-corrected chi connectivity index (χ3v) is 7.63. The zero-order valence-corrected chi connectivity index (χ0v) is 24.4. The van der Waals surface area contributed by atoms with Gasteiger partial charge in [0.25, 0.3) is 0 Å². The van der Waals surface area contributed by atoms with Crippen molar-refractivity contribution in [1.82, 2.24) is 0 Å². The van der Waals surface area contributed by atoms with Gasteiger partial charge in [-0.05, 0) is 88.7 Å². The molecule has 226 valence electrons. The third kappa shape index (κ3) is 6.94. The van der Waals surface area contributed by atoms with Crippen LogP contribution in [0.3, 0.4) is 0 Å². The first kappa shape index (κ1) is 31.2. The molecule has 0 heterocycles. The molecule has 0 aliphatic heterocycles. The summed E-state index contributed by atoms with van der Waals surface area (Å²) in [5.41, 5.74) is 1.43. The molecule has 0 aliphatic carbocycles. The van der Waals surface area contributed by atoms with E-state index >= 15 is 22.0 Å². The van der Waals surface area contributed by atoms with Gasteiger partial charge in [0.05, 0.1) is 5.02 Å². The Bertz CT molecular complexity index is 1740. The molecule has 0 amide bonds. The molecular weight excluding hydrogens is 598 g/mol. The normalized spacial score (nSPS) is 11.5. The second-order valence-electron chi connectivity index (χ2n) is 10.4. The van der Waals surface area contributed by atoms with E-state index < -0.39 is 34.9 Å². The summed E-state index contributed by atoms with van der Waals surface area (Å²) < 4.78 is 93.6. The molecule has 0 saturated carbocycles. The molecule has 0 N–H and O–H groups in total. The number of ether oxygens (including phenoxy) is 1. The minimum atomic E-state index is -4.40. The maximum Gasteiger partial charge on any atom is 0.432 e. The molecule has 0 spiro atoms. The monoisotopic (exact) mass is 624 g/mol. The summed E-state index contributed by atoms with van der Waals surface area (Å²) in [6, 6.07) is 22.4. The van der Waals surface area contributed by atoms with Crippen LogP contribution >= 0.6 is 11.6 Å². The predicted octanol–water partition coefficient (Wildman–Crippen LogP) is 11.8. The molecule has 0 radical (unpaired) electrons. The van der Waals surface area contributed by atoms with Gasteiger partial charge in [-0.15, -0.1) is 0 Å². The number of aryl methyl sites for hydroxylation is 1. The van der Waals surface area contributed by atoms with Crippen molar-refractivity contribution in [2.45, 2.75) is 38.7 Å². The fourth-order valence-corrected chi connectivity index (χ4v) is 5.09. The summed E-state index contributed by atoms with van der Waals surface area (Å²) in [5, 5.41) is -0.0678. The molecule has 0 atom stereocenters. The summed E-state index contributed by atoms with van der Waals surface area (Å²) in [6.45, 7) is 2.14. The van der Waals surface area contributed by atoms with Crippen molar-refractivity contribution in [2.75, 3.05) is 0 Å². The second-order valence-corrected chi connectivity index (χ2v) is 10.8. The summed E-state index contributed by atoms with van der Waals surface area (Å²) in [7, 11) is 0. The molecule has 5 aromatic carbocycles. The van der Waals surface area contributed by atoms with Gasteiger partial charge in [0.15, 0.2) is 0 Å². The van der Waals surface area contributed by atoms with E-state index in [1.54, 1.807) is 12.1 Å². The van der Waals surface area contributed by atoms with E-state index in [-0.39, 0.29) is 21.9 Å². The Morgan fingerprint density at radius 1 is 0.591 bits per heavy atom. The van der Waals surface area contributed by atoms with E-state index in [4.69, 9.17) is 11.6 Å². The Labute approximate surface area is 256 Å². The average Bonchev–Trinajstić information content (AvgIpc) is 2.98. The molecular formula is C36H27ClF6O. The van der Waals surface area contributed by atoms with E-state index in [2.05, 4.69) is 11.7 Å². The highest BCUT2D eigenvalue weighted by Gasteiger charge is 2.41. The lowest BCUT2D eigenvalue weighted by Crippen LogP contribution is -2.25. The lowest BCUT2D eigenvalue weighted by Gasteiger charge is -2.20. The van der Waals surface area contributed by atoms with Crippen molar-refractivity contribution < 1.29 is 31.1 Å². The minimum absolute atomic E-state index is 0.0678. The maximum atomic E-state index is 15.1. The van der Waals surface area contributed by atoms with Crippen LogP contribution in [0.15, 0.2) is 97.1 Å². The Kier molecular flexibility index (Phi) is 9.35. The number of hydrogen-bond acceptors (Lipinski definition) is 1. The molecule has 0 unspecified atom stereocenters. The molecule has 5 rings (SSSR count). The van der Waals surface area contributed by atoms with Crippen molar-refractivity contribution in [3.63, 3.8) is 0 Å². The zero-order valence-electron chi connectivity index (χ0n) is 23.6. The summed E-state index contributed by atoms with van der Waals surface area (Å²) in [6.07, 6.45) is -0.0824. The van der Waals surface area contributed by atoms with Gasteiger partial charge in [-0.25, -0.2) is 17.6 Å². The van der Waals surface area contributed by atoms with Gasteiger partial charge < -0.3 is 4.74 Å². The van der Waals surface area contributed by atoms with Crippen LogP contribution in [0, 0.1) is 23.3 Å². The lowest BCUT2D eigenvalue weighted by atomic mass is 9.97. The highest BCUT2D eigenvalue weighted by Crippen LogP contribution is 2.38. The molecule has 8 heteroatoms. The van der Waals surface area contributed by atoms with Crippen molar-refractivity contribution in [3.8, 4) is 39.1 Å². The molecule has 5 aromatic rings. The Hall–Kier alpha value is -4.23. The highest BCUT2D eigenvalue weighted by atomic mass is 35.5. The topological polar surface area (TPSA) is 9.23 Å². The van der Waals surface area contributed by atoms with Crippen LogP contribution in [-0.2, 0) is 12.5 Å². The number of benzene rings is 5. The molecule has 0 fully saturated rings. The van der Waals surface area contributed by atoms with E-state index in [0.717, 1.165) is 43.4 Å². The smallest absolute Gasteiger partial charge is 0.429 e. The van der Waals surface area contributed by atoms with Crippen LogP contribution in [0.25, 0.3) is 33.4 Å². The summed E-state index contributed by atoms with van der Waals surface area (Å²) in [5.74, 6) is -4.98. The number of hydrogen-bond donors (Lipinski definition) is 0. The number of unbranched alkanes of at least 4 members (excludes halogenated alkanes) is 2. The average molecular weight is 625 g/mol. The van der Waals surface area contributed by atoms with Crippen molar-refractivity contribution in [3.05, 3.63) is 136 Å².